The summed E-state index contributed by atoms with van der Waals surface area (Å²) < 4.78 is 0. The highest BCUT2D eigenvalue weighted by atomic mass is 35.5. The molecule has 0 spiro atoms. The first kappa shape index (κ1) is 11.4. The van der Waals surface area contributed by atoms with Crippen molar-refractivity contribution >= 4 is 11.6 Å². The normalized spacial score (nSPS) is 34.2. The fourth-order valence-electron chi connectivity index (χ4n) is 2.70. The number of hydrogen-bond donors (Lipinski definition) is 0. The smallest absolute Gasteiger partial charge is 0.0310 e. The maximum atomic E-state index is 6.03. The molecule has 0 amide bonds. The summed E-state index contributed by atoms with van der Waals surface area (Å²) in [6.07, 6.45) is 6.95. The van der Waals surface area contributed by atoms with Crippen LogP contribution >= 0.6 is 11.6 Å². The average molecular weight is 203 g/mol. The standard InChI is InChI=1S/C12H23Cl/c1-9-5-4-6-12(7-9)10(2)8-11(3)13/h9-12H,4-8H2,1-3H3. The molecule has 0 nitrogen and oxygen atoms in total. The molecule has 0 aromatic carbocycles. The van der Waals surface area contributed by atoms with Crippen LogP contribution in [0.15, 0.2) is 0 Å². The summed E-state index contributed by atoms with van der Waals surface area (Å²) in [6.45, 7) is 6.88. The van der Waals surface area contributed by atoms with E-state index in [1.165, 1.54) is 32.1 Å². The van der Waals surface area contributed by atoms with E-state index in [2.05, 4.69) is 20.8 Å². The van der Waals surface area contributed by atoms with E-state index in [9.17, 15) is 0 Å². The van der Waals surface area contributed by atoms with Crippen molar-refractivity contribution in [1.82, 2.24) is 0 Å². The predicted molar refractivity (Wildman–Crippen MR) is 60.2 cm³/mol. The fourth-order valence-corrected chi connectivity index (χ4v) is 2.98. The third kappa shape index (κ3) is 3.89. The summed E-state index contributed by atoms with van der Waals surface area (Å²) in [4.78, 5) is 0. The van der Waals surface area contributed by atoms with Crippen LogP contribution in [0, 0.1) is 17.8 Å². The summed E-state index contributed by atoms with van der Waals surface area (Å²) >= 11 is 6.03. The molecule has 1 aliphatic carbocycles. The van der Waals surface area contributed by atoms with Crippen LogP contribution in [-0.2, 0) is 0 Å². The topological polar surface area (TPSA) is 0 Å². The van der Waals surface area contributed by atoms with Crippen molar-refractivity contribution in [2.45, 2.75) is 58.3 Å². The number of hydrogen-bond acceptors (Lipinski definition) is 0. The van der Waals surface area contributed by atoms with Crippen LogP contribution in [0.1, 0.15) is 52.9 Å². The van der Waals surface area contributed by atoms with Crippen LogP contribution < -0.4 is 0 Å². The van der Waals surface area contributed by atoms with E-state index in [0.717, 1.165) is 17.8 Å². The molecule has 1 saturated carbocycles. The van der Waals surface area contributed by atoms with Crippen LogP contribution in [0.4, 0.5) is 0 Å². The molecule has 1 heteroatoms. The zero-order valence-electron chi connectivity index (χ0n) is 9.22. The van der Waals surface area contributed by atoms with Gasteiger partial charge >= 0.3 is 0 Å². The van der Waals surface area contributed by atoms with Crippen LogP contribution in [0.2, 0.25) is 0 Å². The maximum Gasteiger partial charge on any atom is 0.0310 e. The summed E-state index contributed by atoms with van der Waals surface area (Å²) in [7, 11) is 0. The summed E-state index contributed by atoms with van der Waals surface area (Å²) in [6, 6.07) is 0. The Labute approximate surface area is 88.1 Å². The van der Waals surface area contributed by atoms with Crippen LogP contribution in [0.25, 0.3) is 0 Å². The highest BCUT2D eigenvalue weighted by molar-refractivity contribution is 6.20. The molecule has 0 bridgehead atoms. The monoisotopic (exact) mass is 202 g/mol. The van der Waals surface area contributed by atoms with Crippen molar-refractivity contribution in [3.63, 3.8) is 0 Å². The van der Waals surface area contributed by atoms with E-state index in [1.807, 2.05) is 0 Å². The minimum Gasteiger partial charge on any atom is -0.123 e. The molecule has 0 radical (unpaired) electrons. The predicted octanol–water partition coefficient (Wildman–Crippen LogP) is 4.47. The van der Waals surface area contributed by atoms with Gasteiger partial charge in [-0.05, 0) is 37.5 Å². The summed E-state index contributed by atoms with van der Waals surface area (Å²) in [5.41, 5.74) is 0. The van der Waals surface area contributed by atoms with Gasteiger partial charge in [0.2, 0.25) is 0 Å². The van der Waals surface area contributed by atoms with Crippen LogP contribution in [-0.4, -0.2) is 5.38 Å². The lowest BCUT2D eigenvalue weighted by atomic mass is 9.75. The molecule has 4 atom stereocenters. The molecular weight excluding hydrogens is 180 g/mol. The van der Waals surface area contributed by atoms with Crippen molar-refractivity contribution in [1.29, 1.82) is 0 Å². The van der Waals surface area contributed by atoms with E-state index in [-0.39, 0.29) is 0 Å². The van der Waals surface area contributed by atoms with Gasteiger partial charge in [-0.2, -0.15) is 0 Å². The molecule has 0 aromatic heterocycles. The molecule has 13 heavy (non-hydrogen) atoms. The van der Waals surface area contributed by atoms with Gasteiger partial charge in [-0.15, -0.1) is 11.6 Å². The van der Waals surface area contributed by atoms with Crippen LogP contribution in [0.5, 0.6) is 0 Å². The van der Waals surface area contributed by atoms with Crippen molar-refractivity contribution in [2.75, 3.05) is 0 Å². The van der Waals surface area contributed by atoms with E-state index in [0.29, 0.717) is 5.38 Å². The first-order chi connectivity index (χ1) is 6.09. The molecule has 0 aromatic rings. The second kappa shape index (κ2) is 5.24. The molecule has 1 rings (SSSR count). The molecule has 0 saturated heterocycles. The third-order valence-electron chi connectivity index (χ3n) is 3.48. The molecule has 0 heterocycles. The summed E-state index contributed by atoms with van der Waals surface area (Å²) in [5.74, 6) is 2.73. The van der Waals surface area contributed by atoms with Crippen molar-refractivity contribution < 1.29 is 0 Å². The SMILES string of the molecule is CC(Cl)CC(C)C1CCCC(C)C1. The molecule has 0 aliphatic heterocycles. The lowest BCUT2D eigenvalue weighted by molar-refractivity contribution is 0.207. The number of halogens is 1. The molecule has 1 fully saturated rings. The maximum absolute atomic E-state index is 6.03. The van der Waals surface area contributed by atoms with Gasteiger partial charge < -0.3 is 0 Å². The minimum absolute atomic E-state index is 0.354. The molecular formula is C12H23Cl. The molecule has 0 N–H and O–H groups in total. The zero-order valence-corrected chi connectivity index (χ0v) is 9.98. The second-order valence-electron chi connectivity index (χ2n) is 5.03. The van der Waals surface area contributed by atoms with Gasteiger partial charge in [0.25, 0.3) is 0 Å². The quantitative estimate of drug-likeness (QED) is 0.593. The van der Waals surface area contributed by atoms with Gasteiger partial charge in [-0.25, -0.2) is 0 Å². The highest BCUT2D eigenvalue weighted by Gasteiger charge is 2.24. The number of rotatable bonds is 3. The Hall–Kier alpha value is 0.290. The molecule has 78 valence electrons. The van der Waals surface area contributed by atoms with Crippen molar-refractivity contribution in [3.8, 4) is 0 Å². The van der Waals surface area contributed by atoms with Crippen molar-refractivity contribution in [2.24, 2.45) is 17.8 Å². The van der Waals surface area contributed by atoms with Crippen LogP contribution in [0.3, 0.4) is 0 Å². The zero-order chi connectivity index (χ0) is 9.84. The minimum atomic E-state index is 0.354. The first-order valence-corrected chi connectivity index (χ1v) is 6.17. The van der Waals surface area contributed by atoms with E-state index in [1.54, 1.807) is 0 Å². The highest BCUT2D eigenvalue weighted by Crippen LogP contribution is 2.35. The summed E-state index contributed by atoms with van der Waals surface area (Å²) in [5, 5.41) is 0.354. The molecule has 4 unspecified atom stereocenters. The Kier molecular flexibility index (Phi) is 4.58. The fraction of sp³-hybridized carbons (Fsp3) is 1.00. The van der Waals surface area contributed by atoms with Gasteiger partial charge in [0.05, 0.1) is 0 Å². The average Bonchev–Trinajstić information content (AvgIpc) is 2.03. The van der Waals surface area contributed by atoms with Gasteiger partial charge in [-0.3, -0.25) is 0 Å². The Morgan fingerprint density at radius 2 is 2.00 bits per heavy atom. The van der Waals surface area contributed by atoms with Gasteiger partial charge in [0.15, 0.2) is 0 Å². The van der Waals surface area contributed by atoms with Crippen molar-refractivity contribution in [3.05, 3.63) is 0 Å². The Bertz CT molecular complexity index is 142. The Morgan fingerprint density at radius 1 is 1.31 bits per heavy atom. The van der Waals surface area contributed by atoms with Gasteiger partial charge in [0.1, 0.15) is 0 Å². The second-order valence-corrected chi connectivity index (χ2v) is 5.77. The van der Waals surface area contributed by atoms with Gasteiger partial charge in [-0.1, -0.05) is 33.1 Å². The molecule has 1 aliphatic rings. The first-order valence-electron chi connectivity index (χ1n) is 5.73. The van der Waals surface area contributed by atoms with E-state index < -0.39 is 0 Å². The Morgan fingerprint density at radius 3 is 2.54 bits per heavy atom. The van der Waals surface area contributed by atoms with E-state index in [4.69, 9.17) is 11.6 Å². The number of alkyl halides is 1. The van der Waals surface area contributed by atoms with Gasteiger partial charge in [0, 0.05) is 5.38 Å². The lowest BCUT2D eigenvalue weighted by Gasteiger charge is -2.31. The lowest BCUT2D eigenvalue weighted by Crippen LogP contribution is -2.21. The van der Waals surface area contributed by atoms with E-state index >= 15 is 0 Å². The largest absolute Gasteiger partial charge is 0.123 e. The Balaban J connectivity index is 2.32. The third-order valence-corrected chi connectivity index (χ3v) is 3.66.